The summed E-state index contributed by atoms with van der Waals surface area (Å²) in [6.07, 6.45) is 6.22. The fraction of sp³-hybridized carbons (Fsp3) is 0.750. The number of aryl methyl sites for hydroxylation is 1. The summed E-state index contributed by atoms with van der Waals surface area (Å²) in [5.74, 6) is -0.293. The third kappa shape index (κ3) is 3.45. The summed E-state index contributed by atoms with van der Waals surface area (Å²) in [5, 5.41) is 2.54. The van der Waals surface area contributed by atoms with E-state index in [9.17, 15) is 13.2 Å². The highest BCUT2D eigenvalue weighted by Crippen LogP contribution is 2.35. The first-order chi connectivity index (χ1) is 12.0. The van der Waals surface area contributed by atoms with E-state index < -0.39 is 27.2 Å². The van der Waals surface area contributed by atoms with Gasteiger partial charge in [0, 0.05) is 39.1 Å². The van der Waals surface area contributed by atoms with Crippen molar-refractivity contribution >= 4 is 16.0 Å². The van der Waals surface area contributed by atoms with E-state index in [1.165, 1.54) is 11.4 Å². The van der Waals surface area contributed by atoms with Crippen molar-refractivity contribution in [3.8, 4) is 0 Å². The van der Waals surface area contributed by atoms with E-state index in [0.29, 0.717) is 38.3 Å². The molecule has 0 amide bonds. The van der Waals surface area contributed by atoms with E-state index in [4.69, 9.17) is 4.74 Å². The zero-order valence-corrected chi connectivity index (χ0v) is 15.5. The van der Waals surface area contributed by atoms with Gasteiger partial charge in [0.2, 0.25) is 10.0 Å². The van der Waals surface area contributed by atoms with Gasteiger partial charge in [-0.15, -0.1) is 0 Å². The largest absolute Gasteiger partial charge is 0.469 e. The Morgan fingerprint density at radius 2 is 2.12 bits per heavy atom. The van der Waals surface area contributed by atoms with Gasteiger partial charge in [0.1, 0.15) is 5.82 Å². The van der Waals surface area contributed by atoms with Gasteiger partial charge >= 0.3 is 5.97 Å². The number of nitrogens with one attached hydrogen (secondary N) is 1. The summed E-state index contributed by atoms with van der Waals surface area (Å²) in [4.78, 5) is 16.5. The normalized spacial score (nSPS) is 28.6. The van der Waals surface area contributed by atoms with E-state index >= 15 is 0 Å². The molecule has 0 radical (unpaired) electrons. The van der Waals surface area contributed by atoms with Gasteiger partial charge in [0.15, 0.2) is 0 Å². The van der Waals surface area contributed by atoms with Crippen LogP contribution >= 0.6 is 0 Å². The fourth-order valence-corrected chi connectivity index (χ4v) is 6.30. The number of aromatic nitrogens is 2. The quantitative estimate of drug-likeness (QED) is 0.773. The van der Waals surface area contributed by atoms with Gasteiger partial charge in [-0.1, -0.05) is 12.8 Å². The molecule has 3 unspecified atom stereocenters. The van der Waals surface area contributed by atoms with Crippen molar-refractivity contribution in [2.24, 2.45) is 13.0 Å². The molecular weight excluding hydrogens is 344 g/mol. The highest BCUT2D eigenvalue weighted by Gasteiger charge is 2.46. The van der Waals surface area contributed by atoms with Crippen LogP contribution in [0.2, 0.25) is 0 Å². The van der Waals surface area contributed by atoms with Crippen LogP contribution in [0.1, 0.15) is 37.5 Å². The Morgan fingerprint density at radius 1 is 1.36 bits per heavy atom. The number of rotatable bonds is 4. The summed E-state index contributed by atoms with van der Waals surface area (Å²) in [6.45, 7) is 1.49. The number of methoxy groups -OCH3 is 1. The van der Waals surface area contributed by atoms with Gasteiger partial charge < -0.3 is 14.6 Å². The monoisotopic (exact) mass is 370 g/mol. The molecule has 9 heteroatoms. The summed E-state index contributed by atoms with van der Waals surface area (Å²) in [6, 6.07) is -0.362. The molecule has 1 saturated heterocycles. The first kappa shape index (κ1) is 18.3. The number of carbonyl (C=O) groups excluding carboxylic acids is 1. The first-order valence-corrected chi connectivity index (χ1v) is 10.2. The van der Waals surface area contributed by atoms with E-state index in [1.54, 1.807) is 6.20 Å². The highest BCUT2D eigenvalue weighted by molar-refractivity contribution is 7.89. The van der Waals surface area contributed by atoms with Crippen molar-refractivity contribution in [2.45, 2.75) is 37.0 Å². The number of ether oxygens (including phenoxy) is 1. The second-order valence-electron chi connectivity index (χ2n) is 6.72. The van der Waals surface area contributed by atoms with E-state index in [1.807, 2.05) is 17.8 Å². The van der Waals surface area contributed by atoms with Gasteiger partial charge in [-0.2, -0.15) is 4.31 Å². The Morgan fingerprint density at radius 3 is 2.80 bits per heavy atom. The maximum absolute atomic E-state index is 13.4. The van der Waals surface area contributed by atoms with Gasteiger partial charge in [-0.3, -0.25) is 4.79 Å². The van der Waals surface area contributed by atoms with Crippen LogP contribution in [-0.4, -0.2) is 60.2 Å². The predicted octanol–water partition coefficient (Wildman–Crippen LogP) is 0.428. The first-order valence-electron chi connectivity index (χ1n) is 8.73. The summed E-state index contributed by atoms with van der Waals surface area (Å²) < 4.78 is 35.1. The average Bonchev–Trinajstić information content (AvgIpc) is 3.07. The Labute approximate surface area is 148 Å². The minimum absolute atomic E-state index is 0.362. The minimum atomic E-state index is -3.64. The SMILES string of the molecule is COC(=O)C1CCCCC1S(=O)(=O)N1CCNCC1c1nccn1C. The molecular formula is C16H26N4O4S. The minimum Gasteiger partial charge on any atom is -0.469 e. The lowest BCUT2D eigenvalue weighted by atomic mass is 9.89. The van der Waals surface area contributed by atoms with Gasteiger partial charge in [0.05, 0.1) is 24.3 Å². The van der Waals surface area contributed by atoms with Crippen molar-refractivity contribution in [1.82, 2.24) is 19.2 Å². The molecule has 2 fully saturated rings. The smallest absolute Gasteiger partial charge is 0.310 e. The summed E-state index contributed by atoms with van der Waals surface area (Å²) in [7, 11) is -0.460. The number of nitrogens with zero attached hydrogens (tertiary/aromatic N) is 3. The fourth-order valence-electron chi connectivity index (χ4n) is 3.96. The summed E-state index contributed by atoms with van der Waals surface area (Å²) >= 11 is 0. The second-order valence-corrected chi connectivity index (χ2v) is 8.83. The lowest BCUT2D eigenvalue weighted by Gasteiger charge is -2.39. The number of hydrogen-bond acceptors (Lipinski definition) is 6. The Kier molecular flexibility index (Phi) is 5.45. The van der Waals surface area contributed by atoms with Crippen LogP contribution in [-0.2, 0) is 26.6 Å². The molecule has 2 aliphatic rings. The molecule has 8 nitrogen and oxygen atoms in total. The molecule has 1 aliphatic carbocycles. The average molecular weight is 370 g/mol. The number of piperazine rings is 1. The van der Waals surface area contributed by atoms with Crippen LogP contribution in [0.15, 0.2) is 12.4 Å². The molecule has 1 saturated carbocycles. The van der Waals surface area contributed by atoms with Gasteiger partial charge in [-0.25, -0.2) is 13.4 Å². The zero-order chi connectivity index (χ0) is 18.0. The molecule has 1 aromatic rings. The molecule has 0 bridgehead atoms. The molecule has 3 rings (SSSR count). The molecule has 2 heterocycles. The van der Waals surface area contributed by atoms with Crippen molar-refractivity contribution in [1.29, 1.82) is 0 Å². The van der Waals surface area contributed by atoms with E-state index in [-0.39, 0.29) is 6.04 Å². The Balaban J connectivity index is 1.93. The van der Waals surface area contributed by atoms with Crippen LogP contribution in [0.25, 0.3) is 0 Å². The standard InChI is InChI=1S/C16H26N4O4S/c1-19-9-8-18-15(19)13-11-17-7-10-20(13)25(22,23)14-6-4-3-5-12(14)16(21)24-2/h8-9,12-14,17H,3-7,10-11H2,1-2H3. The lowest BCUT2D eigenvalue weighted by molar-refractivity contribution is -0.146. The maximum atomic E-state index is 13.4. The van der Waals surface area contributed by atoms with Crippen molar-refractivity contribution in [3.05, 3.63) is 18.2 Å². The third-order valence-corrected chi connectivity index (χ3v) is 7.69. The molecule has 0 aromatic carbocycles. The predicted molar refractivity (Wildman–Crippen MR) is 92.2 cm³/mol. The molecule has 1 aliphatic heterocycles. The van der Waals surface area contributed by atoms with E-state index in [2.05, 4.69) is 10.3 Å². The number of hydrogen-bond donors (Lipinski definition) is 1. The van der Waals surface area contributed by atoms with Crippen LogP contribution in [0, 0.1) is 5.92 Å². The zero-order valence-electron chi connectivity index (χ0n) is 14.7. The van der Waals surface area contributed by atoms with Crippen LogP contribution in [0.3, 0.4) is 0 Å². The molecule has 140 valence electrons. The molecule has 1 aromatic heterocycles. The van der Waals surface area contributed by atoms with Gasteiger partial charge in [-0.05, 0) is 12.8 Å². The third-order valence-electron chi connectivity index (χ3n) is 5.27. The van der Waals surface area contributed by atoms with E-state index in [0.717, 1.165) is 12.8 Å². The lowest BCUT2D eigenvalue weighted by Crippen LogP contribution is -2.54. The number of sulfonamides is 1. The Hall–Kier alpha value is -1.45. The van der Waals surface area contributed by atoms with Crippen LogP contribution in [0.5, 0.6) is 0 Å². The Bertz CT molecular complexity index is 717. The molecule has 1 N–H and O–H groups in total. The molecule has 25 heavy (non-hydrogen) atoms. The topological polar surface area (TPSA) is 93.5 Å². The van der Waals surface area contributed by atoms with Crippen molar-refractivity contribution in [3.63, 3.8) is 0 Å². The highest BCUT2D eigenvalue weighted by atomic mass is 32.2. The summed E-state index contributed by atoms with van der Waals surface area (Å²) in [5.41, 5.74) is 0. The van der Waals surface area contributed by atoms with Crippen molar-refractivity contribution < 1.29 is 17.9 Å². The van der Waals surface area contributed by atoms with Crippen molar-refractivity contribution in [2.75, 3.05) is 26.7 Å². The second kappa shape index (κ2) is 7.43. The van der Waals surface area contributed by atoms with Crippen LogP contribution in [0.4, 0.5) is 0 Å². The molecule has 0 spiro atoms. The number of esters is 1. The van der Waals surface area contributed by atoms with Crippen LogP contribution < -0.4 is 5.32 Å². The molecule has 3 atom stereocenters. The van der Waals surface area contributed by atoms with Gasteiger partial charge in [0.25, 0.3) is 0 Å². The number of carbonyl (C=O) groups is 1. The number of imidazole rings is 1. The maximum Gasteiger partial charge on any atom is 0.310 e.